The smallest absolute Gasteiger partial charge is 0.147 e. The highest BCUT2D eigenvalue weighted by atomic mass is 35.5. The maximum atomic E-state index is 6.09. The molecular weight excluding hydrogens is 260 g/mol. The van der Waals surface area contributed by atoms with Gasteiger partial charge in [-0.05, 0) is 31.9 Å². The van der Waals surface area contributed by atoms with Crippen LogP contribution in [0.3, 0.4) is 0 Å². The number of alkyl halides is 1. The minimum absolute atomic E-state index is 0.455. The molecule has 1 aromatic carbocycles. The molecule has 0 N–H and O–H groups in total. The second-order valence-corrected chi connectivity index (χ2v) is 5.29. The minimum atomic E-state index is 0.455. The van der Waals surface area contributed by atoms with Crippen LogP contribution in [0.4, 0.5) is 0 Å². The van der Waals surface area contributed by atoms with Crippen molar-refractivity contribution < 1.29 is 4.74 Å². The van der Waals surface area contributed by atoms with Gasteiger partial charge in [-0.25, -0.2) is 4.98 Å². The zero-order valence-corrected chi connectivity index (χ0v) is 12.0. The molecule has 0 saturated heterocycles. The summed E-state index contributed by atoms with van der Waals surface area (Å²) in [5.74, 6) is 2.29. The van der Waals surface area contributed by atoms with Gasteiger partial charge in [0.05, 0.1) is 18.0 Å². The molecule has 102 valence electrons. The van der Waals surface area contributed by atoms with Gasteiger partial charge >= 0.3 is 0 Å². The summed E-state index contributed by atoms with van der Waals surface area (Å²) in [7, 11) is 0. The second kappa shape index (κ2) is 5.41. The lowest BCUT2D eigenvalue weighted by Crippen LogP contribution is -2.07. The molecular formula is C15H19ClN2O. The van der Waals surface area contributed by atoms with Gasteiger partial charge in [0, 0.05) is 6.04 Å². The molecule has 1 aliphatic rings. The molecule has 0 aliphatic heterocycles. The molecule has 1 aromatic heterocycles. The average molecular weight is 279 g/mol. The Labute approximate surface area is 118 Å². The van der Waals surface area contributed by atoms with E-state index in [2.05, 4.69) is 10.6 Å². The average Bonchev–Trinajstić information content (AvgIpc) is 3.05. The summed E-state index contributed by atoms with van der Waals surface area (Å²) in [5.41, 5.74) is 2.11. The number of nitrogens with zero attached hydrogens (tertiary/aromatic N) is 2. The molecule has 2 aromatic rings. The lowest BCUT2D eigenvalue weighted by atomic mass is 10.2. The van der Waals surface area contributed by atoms with Crippen LogP contribution in [0.2, 0.25) is 0 Å². The highest BCUT2D eigenvalue weighted by Gasteiger charge is 2.23. The number of ether oxygens (including phenoxy) is 1. The normalized spacial score (nSPS) is 16.3. The Kier molecular flexibility index (Phi) is 3.65. The van der Waals surface area contributed by atoms with E-state index in [1.54, 1.807) is 0 Å². The van der Waals surface area contributed by atoms with Gasteiger partial charge in [0.15, 0.2) is 0 Å². The molecule has 4 heteroatoms. The zero-order valence-electron chi connectivity index (χ0n) is 11.2. The second-order valence-electron chi connectivity index (χ2n) is 5.03. The summed E-state index contributed by atoms with van der Waals surface area (Å²) in [6.45, 7) is 2.65. The van der Waals surface area contributed by atoms with Crippen LogP contribution in [0.15, 0.2) is 18.2 Å². The molecule has 3 nitrogen and oxygen atoms in total. The van der Waals surface area contributed by atoms with E-state index in [4.69, 9.17) is 21.3 Å². The lowest BCUT2D eigenvalue weighted by molar-refractivity contribution is 0.343. The number of para-hydroxylation sites is 1. The fourth-order valence-electron chi connectivity index (χ4n) is 3.08. The quantitative estimate of drug-likeness (QED) is 0.780. The highest BCUT2D eigenvalue weighted by Crippen LogP contribution is 2.36. The third-order valence-corrected chi connectivity index (χ3v) is 4.10. The monoisotopic (exact) mass is 278 g/mol. The SMILES string of the molecule is CCOc1cccc2c1nc(CCl)n2C1CCCC1. The van der Waals surface area contributed by atoms with Crippen molar-refractivity contribution in [2.24, 2.45) is 0 Å². The Morgan fingerprint density at radius 3 is 2.84 bits per heavy atom. The van der Waals surface area contributed by atoms with Crippen molar-refractivity contribution in [3.8, 4) is 5.75 Å². The Bertz CT molecular complexity index is 573. The maximum absolute atomic E-state index is 6.09. The van der Waals surface area contributed by atoms with E-state index in [-0.39, 0.29) is 0 Å². The van der Waals surface area contributed by atoms with Crippen LogP contribution < -0.4 is 4.74 Å². The van der Waals surface area contributed by atoms with Crippen molar-refractivity contribution in [3.05, 3.63) is 24.0 Å². The number of imidazole rings is 1. The van der Waals surface area contributed by atoms with E-state index in [0.717, 1.165) is 22.6 Å². The third-order valence-electron chi connectivity index (χ3n) is 3.87. The summed E-state index contributed by atoms with van der Waals surface area (Å²) in [6.07, 6.45) is 5.07. The van der Waals surface area contributed by atoms with Crippen LogP contribution in [-0.2, 0) is 5.88 Å². The van der Waals surface area contributed by atoms with Crippen molar-refractivity contribution in [2.75, 3.05) is 6.61 Å². The first-order valence-electron chi connectivity index (χ1n) is 7.03. The van der Waals surface area contributed by atoms with Crippen molar-refractivity contribution in [3.63, 3.8) is 0 Å². The maximum Gasteiger partial charge on any atom is 0.147 e. The Morgan fingerprint density at radius 2 is 2.16 bits per heavy atom. The largest absolute Gasteiger partial charge is 0.492 e. The lowest BCUT2D eigenvalue weighted by Gasteiger charge is -2.15. The van der Waals surface area contributed by atoms with Crippen molar-refractivity contribution in [2.45, 2.75) is 44.5 Å². The Hall–Kier alpha value is -1.22. The molecule has 1 fully saturated rings. The van der Waals surface area contributed by atoms with E-state index in [0.29, 0.717) is 18.5 Å². The van der Waals surface area contributed by atoms with Crippen molar-refractivity contribution in [1.82, 2.24) is 9.55 Å². The summed E-state index contributed by atoms with van der Waals surface area (Å²) in [6, 6.07) is 6.70. The van der Waals surface area contributed by atoms with Crippen LogP contribution in [0, 0.1) is 0 Å². The number of aromatic nitrogens is 2. The fourth-order valence-corrected chi connectivity index (χ4v) is 3.26. The van der Waals surface area contributed by atoms with E-state index < -0.39 is 0 Å². The molecule has 0 spiro atoms. The van der Waals surface area contributed by atoms with Crippen molar-refractivity contribution in [1.29, 1.82) is 0 Å². The number of rotatable bonds is 4. The first-order valence-corrected chi connectivity index (χ1v) is 7.57. The summed E-state index contributed by atoms with van der Waals surface area (Å²) in [5, 5.41) is 0. The van der Waals surface area contributed by atoms with E-state index in [1.165, 1.54) is 25.7 Å². The zero-order chi connectivity index (χ0) is 13.2. The van der Waals surface area contributed by atoms with E-state index in [1.807, 2.05) is 19.1 Å². The summed E-state index contributed by atoms with van der Waals surface area (Å²) >= 11 is 6.09. The predicted octanol–water partition coefficient (Wildman–Crippen LogP) is 4.29. The Balaban J connectivity index is 2.16. The van der Waals surface area contributed by atoms with Crippen LogP contribution in [0.25, 0.3) is 11.0 Å². The molecule has 1 aliphatic carbocycles. The molecule has 3 rings (SSSR count). The predicted molar refractivity (Wildman–Crippen MR) is 78.0 cm³/mol. The number of halogens is 1. The van der Waals surface area contributed by atoms with E-state index in [9.17, 15) is 0 Å². The molecule has 0 amide bonds. The third kappa shape index (κ3) is 2.20. The first-order chi connectivity index (χ1) is 9.35. The topological polar surface area (TPSA) is 27.1 Å². The van der Waals surface area contributed by atoms with Crippen LogP contribution in [0.5, 0.6) is 5.75 Å². The Morgan fingerprint density at radius 1 is 1.37 bits per heavy atom. The molecule has 0 unspecified atom stereocenters. The molecule has 19 heavy (non-hydrogen) atoms. The summed E-state index contributed by atoms with van der Waals surface area (Å²) < 4.78 is 8.01. The van der Waals surface area contributed by atoms with Gasteiger partial charge in [0.2, 0.25) is 0 Å². The van der Waals surface area contributed by atoms with Crippen LogP contribution in [-0.4, -0.2) is 16.2 Å². The van der Waals surface area contributed by atoms with Gasteiger partial charge in [0.1, 0.15) is 17.1 Å². The highest BCUT2D eigenvalue weighted by molar-refractivity contribution is 6.16. The van der Waals surface area contributed by atoms with Gasteiger partial charge < -0.3 is 9.30 Å². The van der Waals surface area contributed by atoms with Gasteiger partial charge in [-0.2, -0.15) is 0 Å². The van der Waals surface area contributed by atoms with Crippen LogP contribution in [0.1, 0.15) is 44.5 Å². The van der Waals surface area contributed by atoms with Gasteiger partial charge in [-0.15, -0.1) is 11.6 Å². The number of fused-ring (bicyclic) bond motifs is 1. The molecule has 1 saturated carbocycles. The standard InChI is InChI=1S/C15H19ClN2O/c1-2-19-13-9-5-8-12-15(13)17-14(10-16)18(12)11-6-3-4-7-11/h5,8-9,11H,2-4,6-7,10H2,1H3. The van der Waals surface area contributed by atoms with Crippen LogP contribution >= 0.6 is 11.6 Å². The fraction of sp³-hybridized carbons (Fsp3) is 0.533. The molecule has 1 heterocycles. The van der Waals surface area contributed by atoms with Gasteiger partial charge in [0.25, 0.3) is 0 Å². The molecule has 0 bridgehead atoms. The molecule has 0 atom stereocenters. The first kappa shape index (κ1) is 12.8. The molecule has 0 radical (unpaired) electrons. The number of hydrogen-bond acceptors (Lipinski definition) is 2. The number of hydrogen-bond donors (Lipinski definition) is 0. The van der Waals surface area contributed by atoms with Gasteiger partial charge in [-0.1, -0.05) is 18.9 Å². The summed E-state index contributed by atoms with van der Waals surface area (Å²) in [4.78, 5) is 4.70. The number of benzene rings is 1. The minimum Gasteiger partial charge on any atom is -0.492 e. The van der Waals surface area contributed by atoms with Gasteiger partial charge in [-0.3, -0.25) is 0 Å². The van der Waals surface area contributed by atoms with E-state index >= 15 is 0 Å². The van der Waals surface area contributed by atoms with Crippen molar-refractivity contribution >= 4 is 22.6 Å².